The summed E-state index contributed by atoms with van der Waals surface area (Å²) in [6.07, 6.45) is 28.0. The van der Waals surface area contributed by atoms with Crippen LogP contribution >= 0.6 is 7.82 Å². The Morgan fingerprint density at radius 1 is 0.575 bits per heavy atom. The molecule has 0 bridgehead atoms. The summed E-state index contributed by atoms with van der Waals surface area (Å²) in [5, 5.41) is 0. The third-order valence-corrected chi connectivity index (χ3v) is 7.67. The summed E-state index contributed by atoms with van der Waals surface area (Å²) in [5.41, 5.74) is 0. The van der Waals surface area contributed by atoms with E-state index in [2.05, 4.69) is 11.4 Å². The third kappa shape index (κ3) is 30.0. The van der Waals surface area contributed by atoms with Crippen LogP contribution in [0.2, 0.25) is 0 Å². The number of hydrogen-bond donors (Lipinski definition) is 2. The molecule has 0 amide bonds. The van der Waals surface area contributed by atoms with Gasteiger partial charge in [-0.1, -0.05) is 149 Å². The van der Waals surface area contributed by atoms with Gasteiger partial charge in [-0.15, -0.1) is 0 Å². The van der Waals surface area contributed by atoms with Gasteiger partial charge in [0.05, 0.1) is 6.61 Å². The van der Waals surface area contributed by atoms with Crippen LogP contribution < -0.4 is 0 Å². The fourth-order valence-electron chi connectivity index (χ4n) is 4.71. The summed E-state index contributed by atoms with van der Waals surface area (Å²) in [6, 6.07) is 0. The zero-order valence-corrected chi connectivity index (χ0v) is 26.6. The van der Waals surface area contributed by atoms with Crippen LogP contribution in [0.5, 0.6) is 0 Å². The standard InChI is InChI=1S/C31H61O8P/c1-3-5-6-7-8-9-10-11-12-13-14-15-16-17-18-19-20-21-22-23-24-25-26-31(33)39-29(27-37-30(32)4-2)28-38-40(34,35)36/h29H,3-28H2,1-2H3,(H2,34,35,36). The molecule has 0 fully saturated rings. The topological polar surface area (TPSA) is 119 Å². The number of phosphoric acid groups is 1. The molecule has 1 atom stereocenters. The number of unbranched alkanes of at least 4 members (excludes halogenated alkanes) is 21. The fraction of sp³-hybridized carbons (Fsp3) is 0.935. The predicted molar refractivity (Wildman–Crippen MR) is 161 cm³/mol. The monoisotopic (exact) mass is 592 g/mol. The smallest absolute Gasteiger partial charge is 0.462 e. The maximum Gasteiger partial charge on any atom is 0.469 e. The lowest BCUT2D eigenvalue weighted by atomic mass is 10.0. The third-order valence-electron chi connectivity index (χ3n) is 7.18. The average Bonchev–Trinajstić information content (AvgIpc) is 2.92. The highest BCUT2D eigenvalue weighted by Gasteiger charge is 2.22. The zero-order valence-electron chi connectivity index (χ0n) is 25.8. The molecule has 238 valence electrons. The minimum absolute atomic E-state index is 0.152. The van der Waals surface area contributed by atoms with Crippen LogP contribution in [0.1, 0.15) is 168 Å². The van der Waals surface area contributed by atoms with Crippen LogP contribution in [0, 0.1) is 0 Å². The van der Waals surface area contributed by atoms with Crippen molar-refractivity contribution in [1.82, 2.24) is 0 Å². The minimum atomic E-state index is -4.71. The normalized spacial score (nSPS) is 12.4. The Hall–Kier alpha value is -0.950. The summed E-state index contributed by atoms with van der Waals surface area (Å²) in [4.78, 5) is 41.1. The van der Waals surface area contributed by atoms with Gasteiger partial charge in [-0.2, -0.15) is 0 Å². The van der Waals surface area contributed by atoms with Gasteiger partial charge in [0.15, 0.2) is 6.10 Å². The van der Waals surface area contributed by atoms with Gasteiger partial charge < -0.3 is 19.3 Å². The summed E-state index contributed by atoms with van der Waals surface area (Å²) in [7, 11) is -4.71. The highest BCUT2D eigenvalue weighted by Crippen LogP contribution is 2.35. The molecule has 0 heterocycles. The molecule has 0 aromatic rings. The Kier molecular flexibility index (Phi) is 27.5. The number of carbonyl (C=O) groups is 2. The highest BCUT2D eigenvalue weighted by molar-refractivity contribution is 7.46. The molecular weight excluding hydrogens is 531 g/mol. The average molecular weight is 593 g/mol. The first-order chi connectivity index (χ1) is 19.3. The van der Waals surface area contributed by atoms with Gasteiger partial charge in [0.25, 0.3) is 0 Å². The number of ether oxygens (including phenoxy) is 2. The second-order valence-electron chi connectivity index (χ2n) is 11.1. The van der Waals surface area contributed by atoms with Gasteiger partial charge >= 0.3 is 19.8 Å². The summed E-state index contributed by atoms with van der Waals surface area (Å²) >= 11 is 0. The molecule has 0 spiro atoms. The maximum atomic E-state index is 12.1. The van der Waals surface area contributed by atoms with Crippen LogP contribution in [0.4, 0.5) is 0 Å². The summed E-state index contributed by atoms with van der Waals surface area (Å²) < 4.78 is 25.5. The lowest BCUT2D eigenvalue weighted by Gasteiger charge is -2.18. The van der Waals surface area contributed by atoms with Gasteiger partial charge in [-0.3, -0.25) is 14.1 Å². The molecule has 0 aromatic heterocycles. The minimum Gasteiger partial charge on any atom is -0.462 e. The fourth-order valence-corrected chi connectivity index (χ4v) is 5.07. The molecule has 0 saturated heterocycles. The van der Waals surface area contributed by atoms with E-state index >= 15 is 0 Å². The number of esters is 2. The Morgan fingerprint density at radius 2 is 0.950 bits per heavy atom. The number of phosphoric ester groups is 1. The van der Waals surface area contributed by atoms with E-state index in [1.165, 1.54) is 122 Å². The largest absolute Gasteiger partial charge is 0.469 e. The molecule has 0 aromatic carbocycles. The van der Waals surface area contributed by atoms with Gasteiger partial charge in [-0.05, 0) is 6.42 Å². The van der Waals surface area contributed by atoms with E-state index in [0.29, 0.717) is 6.42 Å². The lowest BCUT2D eigenvalue weighted by Crippen LogP contribution is -2.29. The molecule has 0 aliphatic rings. The molecule has 2 N–H and O–H groups in total. The van der Waals surface area contributed by atoms with Gasteiger partial charge in [0, 0.05) is 12.8 Å². The first kappa shape index (κ1) is 39.0. The highest BCUT2D eigenvalue weighted by atomic mass is 31.2. The first-order valence-corrected chi connectivity index (χ1v) is 17.9. The van der Waals surface area contributed by atoms with E-state index in [1.54, 1.807) is 6.92 Å². The molecule has 0 aliphatic heterocycles. The molecule has 1 unspecified atom stereocenters. The number of carbonyl (C=O) groups excluding carboxylic acids is 2. The van der Waals surface area contributed by atoms with E-state index in [1.807, 2.05) is 0 Å². The van der Waals surface area contributed by atoms with Crippen molar-refractivity contribution in [3.05, 3.63) is 0 Å². The molecular formula is C31H61O8P. The van der Waals surface area contributed by atoms with Crippen molar-refractivity contribution < 1.29 is 37.9 Å². The van der Waals surface area contributed by atoms with E-state index in [9.17, 15) is 14.2 Å². The van der Waals surface area contributed by atoms with Crippen molar-refractivity contribution in [2.45, 2.75) is 174 Å². The Balaban J connectivity index is 3.53. The van der Waals surface area contributed by atoms with Crippen LogP contribution in [-0.4, -0.2) is 41.0 Å². The Labute approximate surface area is 244 Å². The van der Waals surface area contributed by atoms with Gasteiger partial charge in [-0.25, -0.2) is 4.57 Å². The maximum absolute atomic E-state index is 12.1. The predicted octanol–water partition coefficient (Wildman–Crippen LogP) is 8.95. The second kappa shape index (κ2) is 28.2. The number of rotatable bonds is 30. The van der Waals surface area contributed by atoms with Crippen LogP contribution in [0.3, 0.4) is 0 Å². The van der Waals surface area contributed by atoms with E-state index in [0.717, 1.165) is 12.8 Å². The molecule has 0 saturated carbocycles. The van der Waals surface area contributed by atoms with Crippen LogP contribution in [0.25, 0.3) is 0 Å². The Bertz CT molecular complexity index is 637. The second-order valence-corrected chi connectivity index (χ2v) is 12.3. The van der Waals surface area contributed by atoms with Crippen molar-refractivity contribution in [1.29, 1.82) is 0 Å². The van der Waals surface area contributed by atoms with Crippen molar-refractivity contribution in [3.63, 3.8) is 0 Å². The van der Waals surface area contributed by atoms with Gasteiger partial charge in [0.2, 0.25) is 0 Å². The van der Waals surface area contributed by atoms with Crippen molar-refractivity contribution in [2.75, 3.05) is 13.2 Å². The molecule has 0 radical (unpaired) electrons. The summed E-state index contributed by atoms with van der Waals surface area (Å²) in [6.45, 7) is 3.07. The van der Waals surface area contributed by atoms with Crippen LogP contribution in [0.15, 0.2) is 0 Å². The molecule has 0 aliphatic carbocycles. The van der Waals surface area contributed by atoms with Crippen LogP contribution in [-0.2, 0) is 28.2 Å². The van der Waals surface area contributed by atoms with E-state index in [-0.39, 0.29) is 19.4 Å². The number of hydrogen-bond acceptors (Lipinski definition) is 6. The molecule has 40 heavy (non-hydrogen) atoms. The Morgan fingerprint density at radius 3 is 1.30 bits per heavy atom. The lowest BCUT2D eigenvalue weighted by molar-refractivity contribution is -0.161. The van der Waals surface area contributed by atoms with Crippen molar-refractivity contribution >= 4 is 19.8 Å². The van der Waals surface area contributed by atoms with Crippen molar-refractivity contribution in [3.8, 4) is 0 Å². The SMILES string of the molecule is CCCCCCCCCCCCCCCCCCCCCCCCC(=O)OC(COC(=O)CC)COP(=O)(O)O. The quantitative estimate of drug-likeness (QED) is 0.0482. The van der Waals surface area contributed by atoms with E-state index in [4.69, 9.17) is 19.3 Å². The molecule has 0 rings (SSSR count). The molecule has 9 heteroatoms. The van der Waals surface area contributed by atoms with Crippen molar-refractivity contribution in [2.24, 2.45) is 0 Å². The van der Waals surface area contributed by atoms with Gasteiger partial charge in [0.1, 0.15) is 6.61 Å². The molecule has 8 nitrogen and oxygen atoms in total. The first-order valence-electron chi connectivity index (χ1n) is 16.3. The van der Waals surface area contributed by atoms with E-state index < -0.39 is 32.5 Å². The summed E-state index contributed by atoms with van der Waals surface area (Å²) in [5.74, 6) is -0.975. The zero-order chi connectivity index (χ0) is 29.7.